The van der Waals surface area contributed by atoms with Crippen molar-refractivity contribution in [2.45, 2.75) is 19.1 Å². The first kappa shape index (κ1) is 18.6. The molecule has 0 bridgehead atoms. The molecule has 0 fully saturated rings. The largest absolute Gasteiger partial charge is 0.411 e. The third kappa shape index (κ3) is 4.50. The summed E-state index contributed by atoms with van der Waals surface area (Å²) in [6, 6.07) is 11.9. The second-order valence-electron chi connectivity index (χ2n) is 5.78. The summed E-state index contributed by atoms with van der Waals surface area (Å²) in [6.07, 6.45) is 0. The number of hydrogen-bond acceptors (Lipinski definition) is 7. The number of nitrogens with one attached hydrogen (secondary N) is 1. The lowest BCUT2D eigenvalue weighted by Gasteiger charge is -2.07. The summed E-state index contributed by atoms with van der Waals surface area (Å²) >= 11 is 1.12. The first-order valence-electron chi connectivity index (χ1n) is 8.01. The maximum absolute atomic E-state index is 12.1. The molecule has 3 rings (SSSR count). The standard InChI is InChI=1S/C18H16N4O4S/c1-11-5-3-4-6-14(11)17-20-21-18(26-17)27-10-16(23)19-15-8-7-13(22(24)25)9-12(15)2/h3-9H,10H2,1-2H3,(H,19,23). The van der Waals surface area contributed by atoms with Gasteiger partial charge in [0.05, 0.1) is 10.7 Å². The fraction of sp³-hybridized carbons (Fsp3) is 0.167. The van der Waals surface area contributed by atoms with Crippen LogP contribution in [-0.2, 0) is 4.79 Å². The number of nitro benzene ring substituents is 1. The Morgan fingerprint density at radius 2 is 1.96 bits per heavy atom. The van der Waals surface area contributed by atoms with Crippen LogP contribution < -0.4 is 5.32 Å². The highest BCUT2D eigenvalue weighted by atomic mass is 32.2. The zero-order valence-corrected chi connectivity index (χ0v) is 15.4. The number of benzene rings is 2. The number of thioether (sulfide) groups is 1. The van der Waals surface area contributed by atoms with Crippen molar-refractivity contribution >= 4 is 29.0 Å². The third-order valence-electron chi connectivity index (χ3n) is 3.80. The van der Waals surface area contributed by atoms with Crippen LogP contribution in [0.4, 0.5) is 11.4 Å². The van der Waals surface area contributed by atoms with E-state index in [1.165, 1.54) is 18.2 Å². The van der Waals surface area contributed by atoms with Gasteiger partial charge in [0.15, 0.2) is 0 Å². The minimum atomic E-state index is -0.476. The van der Waals surface area contributed by atoms with E-state index in [-0.39, 0.29) is 17.3 Å². The predicted octanol–water partition coefficient (Wildman–Crippen LogP) is 3.99. The van der Waals surface area contributed by atoms with Gasteiger partial charge in [-0.1, -0.05) is 30.0 Å². The monoisotopic (exact) mass is 384 g/mol. The summed E-state index contributed by atoms with van der Waals surface area (Å²) in [4.78, 5) is 22.4. The smallest absolute Gasteiger partial charge is 0.277 e. The van der Waals surface area contributed by atoms with E-state index < -0.39 is 4.92 Å². The summed E-state index contributed by atoms with van der Waals surface area (Å²) in [5, 5.41) is 21.7. The summed E-state index contributed by atoms with van der Waals surface area (Å²) in [5.41, 5.74) is 2.99. The molecule has 1 heterocycles. The Hall–Kier alpha value is -3.20. The Balaban J connectivity index is 1.60. The summed E-state index contributed by atoms with van der Waals surface area (Å²) in [7, 11) is 0. The molecule has 0 aliphatic rings. The molecule has 1 amide bonds. The van der Waals surface area contributed by atoms with E-state index in [9.17, 15) is 14.9 Å². The van der Waals surface area contributed by atoms with Crippen LogP contribution in [0.2, 0.25) is 0 Å². The summed E-state index contributed by atoms with van der Waals surface area (Å²) in [6.45, 7) is 3.65. The van der Waals surface area contributed by atoms with E-state index in [1.807, 2.05) is 31.2 Å². The van der Waals surface area contributed by atoms with E-state index >= 15 is 0 Å². The average molecular weight is 384 g/mol. The Morgan fingerprint density at radius 3 is 2.67 bits per heavy atom. The number of anilines is 1. The highest BCUT2D eigenvalue weighted by molar-refractivity contribution is 7.99. The van der Waals surface area contributed by atoms with Crippen LogP contribution in [0.15, 0.2) is 52.1 Å². The molecule has 27 heavy (non-hydrogen) atoms. The van der Waals surface area contributed by atoms with Crippen molar-refractivity contribution in [2.24, 2.45) is 0 Å². The predicted molar refractivity (Wildman–Crippen MR) is 102 cm³/mol. The normalized spacial score (nSPS) is 10.6. The molecule has 0 saturated heterocycles. The Labute approximate surface area is 159 Å². The SMILES string of the molecule is Cc1cc([N+](=O)[O-])ccc1NC(=O)CSc1nnc(-c2ccccc2C)o1. The number of carbonyl (C=O) groups excluding carboxylic acids is 1. The van der Waals surface area contributed by atoms with Crippen LogP contribution in [0.5, 0.6) is 0 Å². The number of hydrogen-bond donors (Lipinski definition) is 1. The fourth-order valence-electron chi connectivity index (χ4n) is 2.41. The van der Waals surface area contributed by atoms with Crippen molar-refractivity contribution in [1.82, 2.24) is 10.2 Å². The van der Waals surface area contributed by atoms with Crippen LogP contribution in [0, 0.1) is 24.0 Å². The number of aromatic nitrogens is 2. The first-order chi connectivity index (χ1) is 12.9. The molecule has 0 radical (unpaired) electrons. The number of aryl methyl sites for hydroxylation is 2. The zero-order valence-electron chi connectivity index (χ0n) is 14.6. The molecular formula is C18H16N4O4S. The van der Waals surface area contributed by atoms with E-state index in [2.05, 4.69) is 15.5 Å². The quantitative estimate of drug-likeness (QED) is 0.388. The molecule has 0 spiro atoms. The number of nitrogens with zero attached hydrogens (tertiary/aromatic N) is 3. The highest BCUT2D eigenvalue weighted by Crippen LogP contribution is 2.26. The fourth-order valence-corrected chi connectivity index (χ4v) is 2.97. The van der Waals surface area contributed by atoms with E-state index in [0.29, 0.717) is 22.4 Å². The van der Waals surface area contributed by atoms with Gasteiger partial charge in [-0.15, -0.1) is 10.2 Å². The third-order valence-corrected chi connectivity index (χ3v) is 4.62. The molecule has 0 aliphatic carbocycles. The number of carbonyl (C=O) groups is 1. The molecule has 1 N–H and O–H groups in total. The lowest BCUT2D eigenvalue weighted by molar-refractivity contribution is -0.384. The van der Waals surface area contributed by atoms with Crippen molar-refractivity contribution in [1.29, 1.82) is 0 Å². The van der Waals surface area contributed by atoms with Crippen molar-refractivity contribution in [3.8, 4) is 11.5 Å². The highest BCUT2D eigenvalue weighted by Gasteiger charge is 2.14. The van der Waals surface area contributed by atoms with Gasteiger partial charge in [0, 0.05) is 23.4 Å². The number of rotatable bonds is 6. The molecular weight excluding hydrogens is 368 g/mol. The van der Waals surface area contributed by atoms with Gasteiger partial charge in [0.25, 0.3) is 10.9 Å². The minimum Gasteiger partial charge on any atom is -0.411 e. The minimum absolute atomic E-state index is 0.0190. The molecule has 138 valence electrons. The number of non-ortho nitro benzene ring substituents is 1. The molecule has 0 aliphatic heterocycles. The van der Waals surface area contributed by atoms with Crippen LogP contribution in [0.1, 0.15) is 11.1 Å². The average Bonchev–Trinajstić information content (AvgIpc) is 3.10. The van der Waals surface area contributed by atoms with Gasteiger partial charge in [-0.3, -0.25) is 14.9 Å². The molecule has 8 nitrogen and oxygen atoms in total. The maximum Gasteiger partial charge on any atom is 0.277 e. The van der Waals surface area contributed by atoms with E-state index in [0.717, 1.165) is 22.9 Å². The zero-order chi connectivity index (χ0) is 19.4. The molecule has 2 aromatic carbocycles. The summed E-state index contributed by atoms with van der Waals surface area (Å²) in [5.74, 6) is 0.209. The van der Waals surface area contributed by atoms with E-state index in [4.69, 9.17) is 4.42 Å². The van der Waals surface area contributed by atoms with Gasteiger partial charge in [0.2, 0.25) is 11.8 Å². The van der Waals surface area contributed by atoms with Crippen LogP contribution in [0.25, 0.3) is 11.5 Å². The lowest BCUT2D eigenvalue weighted by Crippen LogP contribution is -2.14. The van der Waals surface area contributed by atoms with Crippen molar-refractivity contribution in [3.05, 3.63) is 63.7 Å². The van der Waals surface area contributed by atoms with Crippen LogP contribution in [-0.4, -0.2) is 26.8 Å². The lowest BCUT2D eigenvalue weighted by atomic mass is 10.1. The van der Waals surface area contributed by atoms with Crippen LogP contribution >= 0.6 is 11.8 Å². The second kappa shape index (κ2) is 8.00. The molecule has 3 aromatic rings. The van der Waals surface area contributed by atoms with Gasteiger partial charge in [-0.2, -0.15) is 0 Å². The Kier molecular flexibility index (Phi) is 5.51. The van der Waals surface area contributed by atoms with Gasteiger partial charge >= 0.3 is 0 Å². The van der Waals surface area contributed by atoms with Crippen molar-refractivity contribution in [3.63, 3.8) is 0 Å². The Bertz CT molecular complexity index is 1000. The maximum atomic E-state index is 12.1. The summed E-state index contributed by atoms with van der Waals surface area (Å²) < 4.78 is 5.60. The number of amides is 1. The van der Waals surface area contributed by atoms with Gasteiger partial charge in [0.1, 0.15) is 0 Å². The second-order valence-corrected chi connectivity index (χ2v) is 6.71. The topological polar surface area (TPSA) is 111 Å². The van der Waals surface area contributed by atoms with Gasteiger partial charge in [-0.05, 0) is 37.1 Å². The molecule has 0 unspecified atom stereocenters. The van der Waals surface area contributed by atoms with Gasteiger partial charge in [-0.25, -0.2) is 0 Å². The molecule has 1 aromatic heterocycles. The molecule has 0 saturated carbocycles. The number of nitro groups is 1. The van der Waals surface area contributed by atoms with E-state index in [1.54, 1.807) is 6.92 Å². The Morgan fingerprint density at radius 1 is 1.19 bits per heavy atom. The first-order valence-corrected chi connectivity index (χ1v) is 9.00. The van der Waals surface area contributed by atoms with Crippen LogP contribution in [0.3, 0.4) is 0 Å². The van der Waals surface area contributed by atoms with Crippen molar-refractivity contribution < 1.29 is 14.1 Å². The van der Waals surface area contributed by atoms with Gasteiger partial charge < -0.3 is 9.73 Å². The molecule has 0 atom stereocenters. The molecule has 9 heteroatoms. The van der Waals surface area contributed by atoms with Crippen molar-refractivity contribution in [2.75, 3.05) is 11.1 Å².